The van der Waals surface area contributed by atoms with Crippen molar-refractivity contribution in [3.63, 3.8) is 0 Å². The van der Waals surface area contributed by atoms with Gasteiger partial charge in [-0.2, -0.15) is 0 Å². The minimum Gasteiger partial charge on any atom is -0.468 e. The molecule has 0 amide bonds. The first-order chi connectivity index (χ1) is 8.20. The van der Waals surface area contributed by atoms with Gasteiger partial charge in [0, 0.05) is 11.1 Å². The van der Waals surface area contributed by atoms with Gasteiger partial charge < -0.3 is 4.42 Å². The second-order valence-electron chi connectivity index (χ2n) is 4.14. The highest BCUT2D eigenvalue weighted by Gasteiger charge is 2.15. The molecular formula is C13H18N2OS. The summed E-state index contributed by atoms with van der Waals surface area (Å²) in [6.45, 7) is 6.39. The monoisotopic (exact) mass is 250 g/mol. The molecule has 92 valence electrons. The van der Waals surface area contributed by atoms with E-state index in [1.807, 2.05) is 18.3 Å². The number of aryl methyl sites for hydroxylation is 1. The highest BCUT2D eigenvalue weighted by atomic mass is 32.1. The van der Waals surface area contributed by atoms with E-state index in [0.717, 1.165) is 17.2 Å². The fourth-order valence-corrected chi connectivity index (χ4v) is 2.62. The summed E-state index contributed by atoms with van der Waals surface area (Å²) in [6.07, 6.45) is 4.73. The highest BCUT2D eigenvalue weighted by molar-refractivity contribution is 7.11. The second kappa shape index (κ2) is 5.47. The molecule has 1 N–H and O–H groups in total. The summed E-state index contributed by atoms with van der Waals surface area (Å²) < 4.78 is 5.38. The minimum absolute atomic E-state index is 0.203. The maximum Gasteiger partial charge on any atom is 0.120 e. The third-order valence-electron chi connectivity index (χ3n) is 2.76. The summed E-state index contributed by atoms with van der Waals surface area (Å²) in [5, 5.41) is 4.63. The highest BCUT2D eigenvalue weighted by Crippen LogP contribution is 2.23. The van der Waals surface area contributed by atoms with Crippen molar-refractivity contribution < 1.29 is 4.42 Å². The van der Waals surface area contributed by atoms with E-state index in [9.17, 15) is 0 Å². The predicted molar refractivity (Wildman–Crippen MR) is 70.2 cm³/mol. The van der Waals surface area contributed by atoms with Crippen LogP contribution in [0.3, 0.4) is 0 Å². The lowest BCUT2D eigenvalue weighted by Gasteiger charge is -2.16. The van der Waals surface area contributed by atoms with Crippen LogP contribution in [0.5, 0.6) is 0 Å². The number of aromatic nitrogens is 1. The Kier molecular flexibility index (Phi) is 3.97. The summed E-state index contributed by atoms with van der Waals surface area (Å²) in [5.41, 5.74) is 0. The van der Waals surface area contributed by atoms with E-state index in [1.54, 1.807) is 17.6 Å². The zero-order chi connectivity index (χ0) is 12.3. The van der Waals surface area contributed by atoms with Gasteiger partial charge in [0.15, 0.2) is 0 Å². The number of hydrogen-bond acceptors (Lipinski definition) is 4. The number of nitrogens with zero attached hydrogens (tertiary/aromatic N) is 1. The van der Waals surface area contributed by atoms with Gasteiger partial charge in [-0.05, 0) is 32.4 Å². The molecule has 2 aromatic rings. The Bertz CT molecular complexity index is 450. The molecule has 0 aliphatic carbocycles. The number of furan rings is 1. The zero-order valence-corrected chi connectivity index (χ0v) is 11.3. The van der Waals surface area contributed by atoms with Gasteiger partial charge in [-0.1, -0.05) is 6.92 Å². The van der Waals surface area contributed by atoms with Crippen molar-refractivity contribution in [3.8, 4) is 0 Å². The van der Waals surface area contributed by atoms with Gasteiger partial charge in [-0.15, -0.1) is 11.3 Å². The van der Waals surface area contributed by atoms with E-state index < -0.39 is 0 Å². The van der Waals surface area contributed by atoms with Crippen molar-refractivity contribution in [1.82, 2.24) is 10.3 Å². The molecular weight excluding hydrogens is 232 g/mol. The molecule has 3 nitrogen and oxygen atoms in total. The Balaban J connectivity index is 1.99. The van der Waals surface area contributed by atoms with Crippen molar-refractivity contribution in [2.24, 2.45) is 0 Å². The molecule has 0 aliphatic rings. The first-order valence-corrected chi connectivity index (χ1v) is 6.76. The van der Waals surface area contributed by atoms with Crippen molar-refractivity contribution in [3.05, 3.63) is 40.2 Å². The molecule has 0 aliphatic heterocycles. The van der Waals surface area contributed by atoms with Crippen molar-refractivity contribution in [2.75, 3.05) is 0 Å². The maximum absolute atomic E-state index is 5.38. The third kappa shape index (κ3) is 2.96. The first kappa shape index (κ1) is 12.3. The van der Waals surface area contributed by atoms with Gasteiger partial charge in [0.25, 0.3) is 0 Å². The Morgan fingerprint density at radius 2 is 2.24 bits per heavy atom. The van der Waals surface area contributed by atoms with Gasteiger partial charge in [0.05, 0.1) is 18.3 Å². The molecule has 0 fully saturated rings. The Hall–Kier alpha value is -1.13. The molecule has 2 rings (SSSR count). The SMILES string of the molecule is CCc1cnc(C(C)NC(C)c2ccco2)s1. The molecule has 0 saturated carbocycles. The van der Waals surface area contributed by atoms with Crippen molar-refractivity contribution in [2.45, 2.75) is 39.3 Å². The Labute approximate surface area is 106 Å². The fraction of sp³-hybridized carbons (Fsp3) is 0.462. The first-order valence-electron chi connectivity index (χ1n) is 5.94. The topological polar surface area (TPSA) is 38.1 Å². The molecule has 0 aromatic carbocycles. The molecule has 4 heteroatoms. The molecule has 2 aromatic heterocycles. The molecule has 0 bridgehead atoms. The van der Waals surface area contributed by atoms with Gasteiger partial charge in [-0.3, -0.25) is 5.32 Å². The van der Waals surface area contributed by atoms with E-state index in [0.29, 0.717) is 0 Å². The number of rotatable bonds is 5. The van der Waals surface area contributed by atoms with E-state index in [4.69, 9.17) is 4.42 Å². The van der Waals surface area contributed by atoms with Gasteiger partial charge in [0.1, 0.15) is 10.8 Å². The molecule has 0 spiro atoms. The fourth-order valence-electron chi connectivity index (χ4n) is 1.75. The van der Waals surface area contributed by atoms with E-state index in [1.165, 1.54) is 4.88 Å². The molecule has 2 atom stereocenters. The van der Waals surface area contributed by atoms with Crippen molar-refractivity contribution >= 4 is 11.3 Å². The summed E-state index contributed by atoms with van der Waals surface area (Å²) in [4.78, 5) is 5.78. The van der Waals surface area contributed by atoms with Gasteiger partial charge >= 0.3 is 0 Å². The largest absolute Gasteiger partial charge is 0.468 e. The normalized spacial score (nSPS) is 14.8. The maximum atomic E-state index is 5.38. The molecule has 0 radical (unpaired) electrons. The lowest BCUT2D eigenvalue weighted by Crippen LogP contribution is -2.21. The third-order valence-corrected chi connectivity index (χ3v) is 4.08. The van der Waals surface area contributed by atoms with Crippen LogP contribution in [0, 0.1) is 0 Å². The standard InChI is InChI=1S/C13H18N2OS/c1-4-11-8-14-13(17-11)10(3)15-9(2)12-6-5-7-16-12/h5-10,15H,4H2,1-3H3. The van der Waals surface area contributed by atoms with E-state index in [-0.39, 0.29) is 12.1 Å². The van der Waals surface area contributed by atoms with Crippen molar-refractivity contribution in [1.29, 1.82) is 0 Å². The van der Waals surface area contributed by atoms with Crippen LogP contribution >= 0.6 is 11.3 Å². The Morgan fingerprint density at radius 1 is 1.41 bits per heavy atom. The van der Waals surface area contributed by atoms with Crippen LogP contribution in [0.15, 0.2) is 29.0 Å². The lowest BCUT2D eigenvalue weighted by molar-refractivity contribution is 0.402. The molecule has 0 saturated heterocycles. The van der Waals surface area contributed by atoms with Gasteiger partial charge in [-0.25, -0.2) is 4.98 Å². The zero-order valence-electron chi connectivity index (χ0n) is 10.4. The molecule has 2 unspecified atom stereocenters. The average molecular weight is 250 g/mol. The van der Waals surface area contributed by atoms with Crippen LogP contribution in [0.2, 0.25) is 0 Å². The second-order valence-corrected chi connectivity index (χ2v) is 5.29. The minimum atomic E-state index is 0.203. The predicted octanol–water partition coefficient (Wildman–Crippen LogP) is 3.71. The summed E-state index contributed by atoms with van der Waals surface area (Å²) in [7, 11) is 0. The average Bonchev–Trinajstić information content (AvgIpc) is 3.00. The van der Waals surface area contributed by atoms with E-state index >= 15 is 0 Å². The number of thiazole rings is 1. The number of hydrogen-bond donors (Lipinski definition) is 1. The summed E-state index contributed by atoms with van der Waals surface area (Å²) in [6, 6.07) is 4.36. The number of nitrogens with one attached hydrogen (secondary N) is 1. The summed E-state index contributed by atoms with van der Waals surface area (Å²) >= 11 is 1.78. The Morgan fingerprint density at radius 3 is 2.82 bits per heavy atom. The van der Waals surface area contributed by atoms with Crippen LogP contribution < -0.4 is 5.32 Å². The van der Waals surface area contributed by atoms with Crippen LogP contribution in [0.4, 0.5) is 0 Å². The van der Waals surface area contributed by atoms with Crippen LogP contribution in [0.25, 0.3) is 0 Å². The van der Waals surface area contributed by atoms with Crippen LogP contribution in [-0.4, -0.2) is 4.98 Å². The summed E-state index contributed by atoms with van der Waals surface area (Å²) in [5.74, 6) is 0.962. The lowest BCUT2D eigenvalue weighted by atomic mass is 10.2. The molecule has 2 heterocycles. The van der Waals surface area contributed by atoms with Crippen LogP contribution in [0.1, 0.15) is 48.5 Å². The van der Waals surface area contributed by atoms with E-state index in [2.05, 4.69) is 31.1 Å². The molecule has 17 heavy (non-hydrogen) atoms. The quantitative estimate of drug-likeness (QED) is 0.879. The van der Waals surface area contributed by atoms with Gasteiger partial charge in [0.2, 0.25) is 0 Å². The smallest absolute Gasteiger partial charge is 0.120 e. The van der Waals surface area contributed by atoms with Crippen LogP contribution in [-0.2, 0) is 6.42 Å².